The highest BCUT2D eigenvalue weighted by atomic mass is 16.6. The summed E-state index contributed by atoms with van der Waals surface area (Å²) in [5.41, 5.74) is 0.196. The zero-order valence-corrected chi connectivity index (χ0v) is 17.1. The van der Waals surface area contributed by atoms with Gasteiger partial charge in [0, 0.05) is 25.6 Å². The van der Waals surface area contributed by atoms with Crippen molar-refractivity contribution in [2.75, 3.05) is 32.8 Å². The second kappa shape index (κ2) is 8.82. The Labute approximate surface area is 170 Å². The second-order valence-electron chi connectivity index (χ2n) is 8.47. The van der Waals surface area contributed by atoms with E-state index in [1.54, 1.807) is 25.7 Å². The van der Waals surface area contributed by atoms with E-state index in [9.17, 15) is 14.4 Å². The van der Waals surface area contributed by atoms with Gasteiger partial charge in [0.2, 0.25) is 5.91 Å². The highest BCUT2D eigenvalue weighted by Crippen LogP contribution is 2.22. The monoisotopic (exact) mass is 404 g/mol. The molecule has 0 radical (unpaired) electrons. The molecular formula is C21H28N2O6. The van der Waals surface area contributed by atoms with Crippen LogP contribution in [0.25, 0.3) is 0 Å². The van der Waals surface area contributed by atoms with Crippen LogP contribution in [0.15, 0.2) is 30.3 Å². The van der Waals surface area contributed by atoms with Gasteiger partial charge in [0.25, 0.3) is 0 Å². The van der Waals surface area contributed by atoms with Crippen LogP contribution >= 0.6 is 0 Å². The van der Waals surface area contributed by atoms with Crippen molar-refractivity contribution in [2.45, 2.75) is 33.0 Å². The first-order valence-corrected chi connectivity index (χ1v) is 9.80. The van der Waals surface area contributed by atoms with Crippen molar-refractivity contribution in [1.82, 2.24) is 9.80 Å². The highest BCUT2D eigenvalue weighted by molar-refractivity contribution is 5.94. The Hall–Kier alpha value is -2.61. The van der Waals surface area contributed by atoms with Crippen LogP contribution < -0.4 is 0 Å². The third-order valence-electron chi connectivity index (χ3n) is 4.73. The number of hydrogen-bond donors (Lipinski definition) is 0. The molecule has 0 N–H and O–H groups in total. The predicted octanol–water partition coefficient (Wildman–Crippen LogP) is 2.67. The van der Waals surface area contributed by atoms with E-state index in [4.69, 9.17) is 14.2 Å². The maximum absolute atomic E-state index is 12.9. The Kier molecular flexibility index (Phi) is 6.42. The number of nitrogens with zero attached hydrogens (tertiary/aromatic N) is 2. The molecule has 0 aromatic heterocycles. The van der Waals surface area contributed by atoms with Gasteiger partial charge in [-0.25, -0.2) is 14.5 Å². The van der Waals surface area contributed by atoms with Crippen LogP contribution in [0.5, 0.6) is 0 Å². The van der Waals surface area contributed by atoms with Gasteiger partial charge in [0.05, 0.1) is 19.1 Å². The molecule has 0 aliphatic carbocycles. The van der Waals surface area contributed by atoms with Crippen LogP contribution in [0.1, 0.15) is 26.3 Å². The minimum absolute atomic E-state index is 0.141. The molecule has 2 atom stereocenters. The van der Waals surface area contributed by atoms with Crippen molar-refractivity contribution in [1.29, 1.82) is 0 Å². The predicted molar refractivity (Wildman–Crippen MR) is 104 cm³/mol. The van der Waals surface area contributed by atoms with Gasteiger partial charge in [-0.3, -0.25) is 4.79 Å². The van der Waals surface area contributed by atoms with Crippen molar-refractivity contribution >= 4 is 18.1 Å². The van der Waals surface area contributed by atoms with E-state index in [1.165, 1.54) is 0 Å². The number of fused-ring (bicyclic) bond motifs is 6. The summed E-state index contributed by atoms with van der Waals surface area (Å²) in [6, 6.07) is 9.42. The minimum Gasteiger partial charge on any atom is -0.445 e. The molecule has 2 unspecified atom stereocenters. The number of ether oxygens (including phenoxy) is 3. The quantitative estimate of drug-likeness (QED) is 0.753. The summed E-state index contributed by atoms with van der Waals surface area (Å²) in [6.45, 7) is 6.57. The van der Waals surface area contributed by atoms with Crippen LogP contribution in [0.3, 0.4) is 0 Å². The van der Waals surface area contributed by atoms with Gasteiger partial charge in [0.1, 0.15) is 12.2 Å². The van der Waals surface area contributed by atoms with Crippen LogP contribution in [0, 0.1) is 11.8 Å². The number of rotatable bonds is 2. The van der Waals surface area contributed by atoms with Crippen LogP contribution in [-0.4, -0.2) is 66.3 Å². The van der Waals surface area contributed by atoms with Crippen molar-refractivity contribution in [3.05, 3.63) is 35.9 Å². The van der Waals surface area contributed by atoms with Gasteiger partial charge in [0.15, 0.2) is 0 Å². The summed E-state index contributed by atoms with van der Waals surface area (Å²) in [5, 5.41) is 0. The molecule has 158 valence electrons. The molecule has 8 nitrogen and oxygen atoms in total. The average molecular weight is 404 g/mol. The largest absolute Gasteiger partial charge is 0.445 e. The SMILES string of the molecule is CC(C)(C)OC(=O)N1CC2COCC(CN(C(=O)OCc3ccccc3)C2)C1=O. The number of amides is 3. The molecule has 2 bridgehead atoms. The third kappa shape index (κ3) is 5.69. The molecule has 1 aromatic rings. The zero-order valence-electron chi connectivity index (χ0n) is 17.1. The van der Waals surface area contributed by atoms with Crippen molar-refractivity contribution in [3.63, 3.8) is 0 Å². The molecule has 4 rings (SSSR count). The van der Waals surface area contributed by atoms with E-state index >= 15 is 0 Å². The maximum Gasteiger partial charge on any atom is 0.417 e. The molecule has 3 aliphatic heterocycles. The fraction of sp³-hybridized carbons (Fsp3) is 0.571. The van der Waals surface area contributed by atoms with Gasteiger partial charge in [-0.05, 0) is 26.3 Å². The summed E-state index contributed by atoms with van der Waals surface area (Å²) in [4.78, 5) is 40.8. The lowest BCUT2D eigenvalue weighted by molar-refractivity contribution is -0.143. The summed E-state index contributed by atoms with van der Waals surface area (Å²) in [5.74, 6) is -1.24. The van der Waals surface area contributed by atoms with Gasteiger partial charge < -0.3 is 19.1 Å². The average Bonchev–Trinajstić information content (AvgIpc) is 2.62. The lowest BCUT2D eigenvalue weighted by Crippen LogP contribution is -2.56. The van der Waals surface area contributed by atoms with E-state index < -0.39 is 23.7 Å². The van der Waals surface area contributed by atoms with Gasteiger partial charge in [-0.1, -0.05) is 30.3 Å². The number of hydrogen-bond acceptors (Lipinski definition) is 6. The smallest absolute Gasteiger partial charge is 0.417 e. The minimum atomic E-state index is -0.696. The first-order valence-electron chi connectivity index (χ1n) is 9.80. The van der Waals surface area contributed by atoms with E-state index in [0.29, 0.717) is 13.2 Å². The number of carbonyl (C=O) groups excluding carboxylic acids is 3. The Balaban J connectivity index is 1.68. The van der Waals surface area contributed by atoms with Gasteiger partial charge >= 0.3 is 12.2 Å². The topological polar surface area (TPSA) is 85.4 Å². The highest BCUT2D eigenvalue weighted by Gasteiger charge is 2.40. The van der Waals surface area contributed by atoms with Crippen molar-refractivity contribution < 1.29 is 28.6 Å². The molecule has 1 aromatic carbocycles. The normalized spacial score (nSPS) is 22.5. The summed E-state index contributed by atoms with van der Waals surface area (Å²) in [7, 11) is 0. The fourth-order valence-corrected chi connectivity index (χ4v) is 3.40. The van der Waals surface area contributed by atoms with Gasteiger partial charge in [-0.2, -0.15) is 0 Å². The zero-order chi connectivity index (χ0) is 21.0. The maximum atomic E-state index is 12.9. The van der Waals surface area contributed by atoms with Gasteiger partial charge in [-0.15, -0.1) is 0 Å². The molecule has 29 heavy (non-hydrogen) atoms. The Morgan fingerprint density at radius 3 is 2.48 bits per heavy atom. The van der Waals surface area contributed by atoms with E-state index in [-0.39, 0.29) is 38.1 Å². The number of imide groups is 1. The first-order chi connectivity index (χ1) is 13.7. The standard InChI is InChI=1S/C21H28N2O6/c1-21(2,3)29-20(26)23-10-16-9-22(11-17(18(23)24)14-27-12-16)19(25)28-13-15-7-5-4-6-8-15/h4-8,16-17H,9-14H2,1-3H3. The molecule has 3 heterocycles. The molecule has 3 amide bonds. The number of benzene rings is 1. The lowest BCUT2D eigenvalue weighted by atomic mass is 10.00. The Bertz CT molecular complexity index is 745. The van der Waals surface area contributed by atoms with E-state index in [2.05, 4.69) is 0 Å². The lowest BCUT2D eigenvalue weighted by Gasteiger charge is -2.39. The number of carbonyl (C=O) groups is 3. The molecule has 3 saturated heterocycles. The fourth-order valence-electron chi connectivity index (χ4n) is 3.40. The third-order valence-corrected chi connectivity index (χ3v) is 4.73. The molecule has 8 heteroatoms. The van der Waals surface area contributed by atoms with Crippen molar-refractivity contribution in [3.8, 4) is 0 Å². The molecule has 0 saturated carbocycles. The Morgan fingerprint density at radius 1 is 1.07 bits per heavy atom. The summed E-state index contributed by atoms with van der Waals surface area (Å²) < 4.78 is 16.4. The van der Waals surface area contributed by atoms with Crippen LogP contribution in [0.2, 0.25) is 0 Å². The van der Waals surface area contributed by atoms with Crippen LogP contribution in [0.4, 0.5) is 9.59 Å². The molecule has 3 aliphatic rings. The molecular weight excluding hydrogens is 376 g/mol. The van der Waals surface area contributed by atoms with Crippen molar-refractivity contribution in [2.24, 2.45) is 11.8 Å². The molecule has 0 spiro atoms. The van der Waals surface area contributed by atoms with E-state index in [1.807, 2.05) is 30.3 Å². The second-order valence-corrected chi connectivity index (χ2v) is 8.47. The molecule has 3 fully saturated rings. The van der Waals surface area contributed by atoms with Crippen LogP contribution in [-0.2, 0) is 25.6 Å². The Morgan fingerprint density at radius 2 is 1.79 bits per heavy atom. The summed E-state index contributed by atoms with van der Waals surface area (Å²) >= 11 is 0. The first kappa shape index (κ1) is 21.1. The van der Waals surface area contributed by atoms with E-state index in [0.717, 1.165) is 10.5 Å². The summed E-state index contributed by atoms with van der Waals surface area (Å²) in [6.07, 6.45) is -1.12.